The lowest BCUT2D eigenvalue weighted by Crippen LogP contribution is -2.29. The third-order valence-electron chi connectivity index (χ3n) is 2.63. The number of nitrogens with one attached hydrogen (secondary N) is 2. The molecule has 2 aromatic rings. The fraction of sp³-hybridized carbons (Fsp3) is 0.154. The minimum absolute atomic E-state index is 0.251. The molecule has 1 heterocycles. The molecule has 0 atom stereocenters. The van der Waals surface area contributed by atoms with Crippen molar-refractivity contribution in [3.05, 3.63) is 64.6 Å². The van der Waals surface area contributed by atoms with Gasteiger partial charge < -0.3 is 4.98 Å². The summed E-state index contributed by atoms with van der Waals surface area (Å²) in [7, 11) is -3.75. The quantitative estimate of drug-likeness (QED) is 0.852. The Bertz CT molecular complexity index is 693. The van der Waals surface area contributed by atoms with E-state index in [0.29, 0.717) is 6.42 Å². The van der Waals surface area contributed by atoms with Crippen molar-refractivity contribution in [1.29, 1.82) is 0 Å². The van der Waals surface area contributed by atoms with Gasteiger partial charge in [0.25, 0.3) is 0 Å². The third-order valence-corrected chi connectivity index (χ3v) is 4.11. The molecule has 0 bridgehead atoms. The molecule has 1 aromatic heterocycles. The first-order valence-corrected chi connectivity index (χ1v) is 7.28. The Morgan fingerprint density at radius 1 is 1.11 bits per heavy atom. The third kappa shape index (κ3) is 3.52. The van der Waals surface area contributed by atoms with E-state index in [9.17, 15) is 13.2 Å². The van der Waals surface area contributed by atoms with Crippen LogP contribution in [0.3, 0.4) is 0 Å². The summed E-state index contributed by atoms with van der Waals surface area (Å²) < 4.78 is 26.2. The highest BCUT2D eigenvalue weighted by Crippen LogP contribution is 2.02. The minimum atomic E-state index is -3.75. The van der Waals surface area contributed by atoms with Gasteiger partial charge in [0.05, 0.1) is 0 Å². The van der Waals surface area contributed by atoms with Crippen LogP contribution in [0, 0.1) is 0 Å². The molecule has 0 aliphatic heterocycles. The largest absolute Gasteiger partial charge is 0.366 e. The second-order valence-corrected chi connectivity index (χ2v) is 5.74. The summed E-state index contributed by atoms with van der Waals surface area (Å²) in [5, 5.41) is 0. The molecule has 0 saturated carbocycles. The van der Waals surface area contributed by atoms with Crippen LogP contribution in [0.15, 0.2) is 58.5 Å². The van der Waals surface area contributed by atoms with E-state index in [1.54, 1.807) is 0 Å². The predicted molar refractivity (Wildman–Crippen MR) is 72.4 cm³/mol. The Hall–Kier alpha value is -1.92. The summed E-state index contributed by atoms with van der Waals surface area (Å²) in [6.07, 6.45) is 3.16. The van der Waals surface area contributed by atoms with E-state index >= 15 is 0 Å². The highest BCUT2D eigenvalue weighted by Gasteiger charge is 2.16. The molecule has 0 amide bonds. The van der Waals surface area contributed by atoms with E-state index in [1.165, 1.54) is 18.5 Å². The number of hydrogen-bond acceptors (Lipinski definition) is 3. The van der Waals surface area contributed by atoms with Crippen molar-refractivity contribution in [1.82, 2.24) is 9.71 Å². The molecule has 1 aromatic carbocycles. The molecule has 5 nitrogen and oxygen atoms in total. The number of H-pyrrole nitrogens is 1. The van der Waals surface area contributed by atoms with Crippen LogP contribution in [0.2, 0.25) is 0 Å². The van der Waals surface area contributed by atoms with E-state index < -0.39 is 15.5 Å². The van der Waals surface area contributed by atoms with Crippen LogP contribution in [0.5, 0.6) is 0 Å². The lowest BCUT2D eigenvalue weighted by Gasteiger charge is -2.05. The number of hydrogen-bond donors (Lipinski definition) is 2. The maximum Gasteiger partial charge on any atom is 0.245 e. The molecule has 2 N–H and O–H groups in total. The number of rotatable bonds is 5. The average molecular weight is 278 g/mol. The van der Waals surface area contributed by atoms with Gasteiger partial charge >= 0.3 is 0 Å². The summed E-state index contributed by atoms with van der Waals surface area (Å²) in [5.74, 6) is 0. The van der Waals surface area contributed by atoms with Gasteiger partial charge in [-0.1, -0.05) is 30.3 Å². The highest BCUT2D eigenvalue weighted by molar-refractivity contribution is 7.89. The van der Waals surface area contributed by atoms with Gasteiger partial charge in [-0.2, -0.15) is 0 Å². The smallest absolute Gasteiger partial charge is 0.245 e. The maximum absolute atomic E-state index is 11.9. The second kappa shape index (κ2) is 5.81. The topological polar surface area (TPSA) is 79.0 Å². The molecule has 19 heavy (non-hydrogen) atoms. The first-order chi connectivity index (χ1) is 9.09. The van der Waals surface area contributed by atoms with Gasteiger partial charge in [-0.15, -0.1) is 0 Å². The Balaban J connectivity index is 2.03. The summed E-state index contributed by atoms with van der Waals surface area (Å²) in [4.78, 5) is 13.8. The van der Waals surface area contributed by atoms with Gasteiger partial charge in [0.15, 0.2) is 0 Å². The zero-order chi connectivity index (χ0) is 13.7. The maximum atomic E-state index is 11.9. The number of benzene rings is 1. The molecule has 100 valence electrons. The van der Waals surface area contributed by atoms with E-state index in [4.69, 9.17) is 0 Å². The molecule has 0 aliphatic carbocycles. The van der Waals surface area contributed by atoms with Crippen molar-refractivity contribution in [3.63, 3.8) is 0 Å². The van der Waals surface area contributed by atoms with Crippen LogP contribution in [0.25, 0.3) is 0 Å². The molecule has 0 saturated heterocycles. The first kappa shape index (κ1) is 13.5. The van der Waals surface area contributed by atoms with Gasteiger partial charge in [0.2, 0.25) is 15.5 Å². The van der Waals surface area contributed by atoms with E-state index in [0.717, 1.165) is 5.56 Å². The fourth-order valence-corrected chi connectivity index (χ4v) is 2.75. The van der Waals surface area contributed by atoms with Crippen LogP contribution in [-0.2, 0) is 16.4 Å². The van der Waals surface area contributed by atoms with Crippen molar-refractivity contribution in [2.45, 2.75) is 11.3 Å². The van der Waals surface area contributed by atoms with E-state index in [2.05, 4.69) is 9.71 Å². The lowest BCUT2D eigenvalue weighted by molar-refractivity contribution is 0.580. The van der Waals surface area contributed by atoms with Crippen LogP contribution in [-0.4, -0.2) is 19.9 Å². The zero-order valence-corrected chi connectivity index (χ0v) is 11.0. The van der Waals surface area contributed by atoms with Crippen molar-refractivity contribution >= 4 is 10.0 Å². The predicted octanol–water partition coefficient (Wildman–Crippen LogP) is 0.896. The first-order valence-electron chi connectivity index (χ1n) is 5.80. The monoisotopic (exact) mass is 278 g/mol. The summed E-state index contributed by atoms with van der Waals surface area (Å²) in [6, 6.07) is 10.7. The van der Waals surface area contributed by atoms with Crippen molar-refractivity contribution in [2.75, 3.05) is 6.54 Å². The van der Waals surface area contributed by atoms with Gasteiger partial charge in [-0.25, -0.2) is 13.1 Å². The number of aromatic amines is 1. The van der Waals surface area contributed by atoms with Crippen molar-refractivity contribution < 1.29 is 8.42 Å². The van der Waals surface area contributed by atoms with Crippen molar-refractivity contribution in [2.24, 2.45) is 0 Å². The molecule has 0 unspecified atom stereocenters. The van der Waals surface area contributed by atoms with Crippen LogP contribution in [0.1, 0.15) is 5.56 Å². The average Bonchev–Trinajstić information content (AvgIpc) is 2.40. The number of pyridine rings is 1. The molecular formula is C13H14N2O3S. The lowest BCUT2D eigenvalue weighted by atomic mass is 10.2. The zero-order valence-electron chi connectivity index (χ0n) is 10.2. The van der Waals surface area contributed by atoms with Gasteiger partial charge in [0.1, 0.15) is 4.90 Å². The Morgan fingerprint density at radius 2 is 1.84 bits per heavy atom. The molecule has 0 spiro atoms. The number of sulfonamides is 1. The van der Waals surface area contributed by atoms with E-state index in [1.807, 2.05) is 30.3 Å². The summed E-state index contributed by atoms with van der Waals surface area (Å²) in [5.41, 5.74) is 0.512. The van der Waals surface area contributed by atoms with Crippen LogP contribution < -0.4 is 10.2 Å². The molecule has 0 fully saturated rings. The fourth-order valence-electron chi connectivity index (χ4n) is 1.66. The van der Waals surface area contributed by atoms with Crippen LogP contribution >= 0.6 is 0 Å². The van der Waals surface area contributed by atoms with Crippen LogP contribution in [0.4, 0.5) is 0 Å². The van der Waals surface area contributed by atoms with Crippen molar-refractivity contribution in [3.8, 4) is 0 Å². The molecule has 0 aliphatic rings. The normalized spacial score (nSPS) is 11.4. The Kier molecular flexibility index (Phi) is 4.13. The molecular weight excluding hydrogens is 264 g/mol. The minimum Gasteiger partial charge on any atom is -0.366 e. The molecule has 0 radical (unpaired) electrons. The van der Waals surface area contributed by atoms with Gasteiger partial charge in [0, 0.05) is 25.0 Å². The van der Waals surface area contributed by atoms with E-state index in [-0.39, 0.29) is 11.4 Å². The second-order valence-electron chi connectivity index (χ2n) is 4.01. The Labute approximate surface area is 111 Å². The summed E-state index contributed by atoms with van der Waals surface area (Å²) >= 11 is 0. The summed E-state index contributed by atoms with van der Waals surface area (Å²) in [6.45, 7) is 0.251. The van der Waals surface area contributed by atoms with Gasteiger partial charge in [-0.3, -0.25) is 4.79 Å². The Morgan fingerprint density at radius 3 is 2.53 bits per heavy atom. The highest BCUT2D eigenvalue weighted by atomic mass is 32.2. The standard InChI is InChI=1S/C13H14N2O3S/c16-12-7-8-14-10-13(12)19(17,18)15-9-6-11-4-2-1-3-5-11/h1-5,7-8,10,15H,6,9H2,(H,14,16). The van der Waals surface area contributed by atoms with Gasteiger partial charge in [-0.05, 0) is 12.0 Å². The molecule has 6 heteroatoms. The number of aromatic nitrogens is 1. The molecule has 2 rings (SSSR count). The SMILES string of the molecule is O=c1cc[nH]cc1S(=O)(=O)NCCc1ccccc1.